The van der Waals surface area contributed by atoms with Gasteiger partial charge in [-0.15, -0.1) is 0 Å². The van der Waals surface area contributed by atoms with Gasteiger partial charge in [0.15, 0.2) is 23.3 Å². The van der Waals surface area contributed by atoms with E-state index in [9.17, 15) is 17.6 Å². The number of halogens is 4. The van der Waals surface area contributed by atoms with E-state index in [2.05, 4.69) is 11.6 Å². The number of nitrogens with zero attached hydrogens (tertiary/aromatic N) is 1. The van der Waals surface area contributed by atoms with E-state index in [1.807, 2.05) is 0 Å². The second kappa shape index (κ2) is 10.2. The Morgan fingerprint density at radius 3 is 2.00 bits per heavy atom. The Hall–Kier alpha value is -2.89. The van der Waals surface area contributed by atoms with Crippen LogP contribution in [0.4, 0.5) is 17.6 Å². The molecule has 0 aromatic heterocycles. The smallest absolute Gasteiger partial charge is 0.168 e. The zero-order valence-corrected chi connectivity index (χ0v) is 18.4. The molecule has 2 aromatic carbocycles. The molecule has 1 aliphatic carbocycles. The van der Waals surface area contributed by atoms with Crippen LogP contribution in [0.5, 0.6) is 0 Å². The molecular formula is C26H28F4N2. The highest BCUT2D eigenvalue weighted by molar-refractivity contribution is 5.83. The second-order valence-corrected chi connectivity index (χ2v) is 8.29. The molecule has 2 aromatic rings. The number of hydrogen-bond donors (Lipinski definition) is 1. The molecule has 0 spiro atoms. The van der Waals surface area contributed by atoms with Gasteiger partial charge in [0.1, 0.15) is 0 Å². The zero-order chi connectivity index (χ0) is 23.4. The van der Waals surface area contributed by atoms with Crippen LogP contribution in [0.15, 0.2) is 47.6 Å². The normalized spacial score (nSPS) is 19.5. The Morgan fingerprint density at radius 2 is 1.47 bits per heavy atom. The fourth-order valence-corrected chi connectivity index (χ4v) is 4.30. The molecular weight excluding hydrogens is 416 g/mol. The fraction of sp³-hybridized carbons (Fsp3) is 0.346. The molecule has 6 heteroatoms. The number of rotatable bonds is 6. The summed E-state index contributed by atoms with van der Waals surface area (Å²) in [5, 5.41) is 0. The molecule has 2 N–H and O–H groups in total. The third kappa shape index (κ3) is 4.79. The van der Waals surface area contributed by atoms with Gasteiger partial charge in [0.2, 0.25) is 0 Å². The lowest BCUT2D eigenvalue weighted by molar-refractivity contribution is 0.369. The van der Waals surface area contributed by atoms with Crippen LogP contribution in [0.2, 0.25) is 0 Å². The van der Waals surface area contributed by atoms with E-state index in [-0.39, 0.29) is 23.1 Å². The van der Waals surface area contributed by atoms with E-state index in [1.54, 1.807) is 32.0 Å². The average molecular weight is 445 g/mol. The van der Waals surface area contributed by atoms with Crippen molar-refractivity contribution in [3.05, 3.63) is 88.1 Å². The fourth-order valence-electron chi connectivity index (χ4n) is 4.30. The molecule has 3 rings (SSSR count). The highest BCUT2D eigenvalue weighted by Crippen LogP contribution is 2.43. The van der Waals surface area contributed by atoms with Crippen molar-refractivity contribution in [1.82, 2.24) is 0 Å². The summed E-state index contributed by atoms with van der Waals surface area (Å²) in [6.07, 6.45) is 5.51. The molecule has 0 saturated heterocycles. The minimum atomic E-state index is -0.982. The Bertz CT molecular complexity index is 1060. The van der Waals surface area contributed by atoms with Crippen molar-refractivity contribution in [1.29, 1.82) is 0 Å². The van der Waals surface area contributed by atoms with Gasteiger partial charge in [-0.05, 0) is 85.4 Å². The van der Waals surface area contributed by atoms with Gasteiger partial charge < -0.3 is 5.73 Å². The number of aryl methyl sites for hydroxylation is 1. The molecule has 0 aliphatic heterocycles. The summed E-state index contributed by atoms with van der Waals surface area (Å²) in [6.45, 7) is 7.21. The van der Waals surface area contributed by atoms with Crippen LogP contribution in [0.3, 0.4) is 0 Å². The number of allylic oxidation sites excluding steroid dienone is 1. The van der Waals surface area contributed by atoms with E-state index in [0.717, 1.165) is 0 Å². The first-order chi connectivity index (χ1) is 15.3. The van der Waals surface area contributed by atoms with Crippen LogP contribution >= 0.6 is 0 Å². The molecule has 32 heavy (non-hydrogen) atoms. The Kier molecular flexibility index (Phi) is 7.54. The van der Waals surface area contributed by atoms with Crippen LogP contribution in [0, 0.1) is 23.3 Å². The van der Waals surface area contributed by atoms with Crippen LogP contribution in [0.1, 0.15) is 73.6 Å². The van der Waals surface area contributed by atoms with Gasteiger partial charge in [0.25, 0.3) is 0 Å². The maximum atomic E-state index is 14.9. The summed E-state index contributed by atoms with van der Waals surface area (Å²) in [6, 6.07) is 6.35. The van der Waals surface area contributed by atoms with Crippen molar-refractivity contribution in [2.75, 3.05) is 0 Å². The molecule has 0 amide bonds. The maximum absolute atomic E-state index is 14.9. The van der Waals surface area contributed by atoms with E-state index >= 15 is 0 Å². The Balaban J connectivity index is 1.75. The summed E-state index contributed by atoms with van der Waals surface area (Å²) in [5.74, 6) is -3.77. The number of nitrogens with two attached hydrogens (primary N) is 1. The third-order valence-corrected chi connectivity index (χ3v) is 6.29. The van der Waals surface area contributed by atoms with Crippen LogP contribution in [0.25, 0.3) is 5.70 Å². The first kappa shape index (κ1) is 23.8. The third-order valence-electron chi connectivity index (χ3n) is 6.29. The molecule has 0 radical (unpaired) electrons. The van der Waals surface area contributed by atoms with Crippen LogP contribution in [-0.4, -0.2) is 6.21 Å². The average Bonchev–Trinajstić information content (AvgIpc) is 2.81. The van der Waals surface area contributed by atoms with Gasteiger partial charge in [-0.25, -0.2) is 17.6 Å². The molecule has 170 valence electrons. The van der Waals surface area contributed by atoms with Crippen molar-refractivity contribution in [3.8, 4) is 0 Å². The van der Waals surface area contributed by atoms with Crippen molar-refractivity contribution in [2.24, 2.45) is 10.7 Å². The summed E-state index contributed by atoms with van der Waals surface area (Å²) in [5.41, 5.74) is 7.17. The summed E-state index contributed by atoms with van der Waals surface area (Å²) < 4.78 is 58.3. The lowest BCUT2D eigenvalue weighted by Gasteiger charge is -2.30. The van der Waals surface area contributed by atoms with Crippen molar-refractivity contribution in [3.63, 3.8) is 0 Å². The molecule has 1 fully saturated rings. The minimum Gasteiger partial charge on any atom is -0.404 e. The highest BCUT2D eigenvalue weighted by Gasteiger charge is 2.29. The lowest BCUT2D eigenvalue weighted by atomic mass is 9.75. The summed E-state index contributed by atoms with van der Waals surface area (Å²) >= 11 is 0. The minimum absolute atomic E-state index is 0.00503. The molecule has 0 atom stereocenters. The van der Waals surface area contributed by atoms with Gasteiger partial charge in [0, 0.05) is 11.8 Å². The molecule has 1 aliphatic rings. The van der Waals surface area contributed by atoms with Gasteiger partial charge >= 0.3 is 0 Å². The van der Waals surface area contributed by atoms with Crippen LogP contribution in [-0.2, 0) is 6.42 Å². The SMILES string of the molecule is C=C(/N=C\C(C)=C/N)c1ccc(C2CCC(c3ccc(CC)c(F)c3F)CC2)c(F)c1F. The van der Waals surface area contributed by atoms with Crippen molar-refractivity contribution < 1.29 is 17.6 Å². The zero-order valence-electron chi connectivity index (χ0n) is 18.4. The van der Waals surface area contributed by atoms with Crippen molar-refractivity contribution >= 4 is 11.9 Å². The predicted molar refractivity (Wildman–Crippen MR) is 122 cm³/mol. The summed E-state index contributed by atoms with van der Waals surface area (Å²) in [7, 11) is 0. The lowest BCUT2D eigenvalue weighted by Crippen LogP contribution is -2.15. The van der Waals surface area contributed by atoms with Gasteiger partial charge in [-0.1, -0.05) is 31.7 Å². The number of aliphatic imine (C=N–C) groups is 1. The molecule has 1 saturated carbocycles. The van der Waals surface area contributed by atoms with Crippen LogP contribution < -0.4 is 5.73 Å². The standard InChI is InChI=1S/C26H28F4N2/c1-4-17-9-10-21(25(29)23(17)27)18-5-7-19(8-6-18)22-12-11-20(24(28)26(22)30)16(3)32-14-15(2)13-31/h9-14,18-19H,3-8,31H2,1-2H3/b15-13-,32-14-. The monoisotopic (exact) mass is 444 g/mol. The molecule has 0 bridgehead atoms. The number of hydrogen-bond acceptors (Lipinski definition) is 2. The van der Waals surface area contributed by atoms with Gasteiger partial charge in [0.05, 0.1) is 5.70 Å². The maximum Gasteiger partial charge on any atom is 0.168 e. The Morgan fingerprint density at radius 1 is 0.938 bits per heavy atom. The molecule has 0 unspecified atom stereocenters. The quantitative estimate of drug-likeness (QED) is 0.373. The largest absolute Gasteiger partial charge is 0.404 e. The van der Waals surface area contributed by atoms with E-state index in [4.69, 9.17) is 5.73 Å². The molecule has 2 nitrogen and oxygen atoms in total. The highest BCUT2D eigenvalue weighted by atomic mass is 19.2. The van der Waals surface area contributed by atoms with Gasteiger partial charge in [-0.2, -0.15) is 0 Å². The van der Waals surface area contributed by atoms with E-state index in [1.165, 1.54) is 18.5 Å². The topological polar surface area (TPSA) is 38.4 Å². The van der Waals surface area contributed by atoms with Gasteiger partial charge in [-0.3, -0.25) is 4.99 Å². The first-order valence-corrected chi connectivity index (χ1v) is 10.8. The summed E-state index contributed by atoms with van der Waals surface area (Å²) in [4.78, 5) is 4.04. The van der Waals surface area contributed by atoms with E-state index < -0.39 is 23.3 Å². The van der Waals surface area contributed by atoms with Crippen molar-refractivity contribution in [2.45, 2.75) is 57.8 Å². The molecule has 0 heterocycles. The second-order valence-electron chi connectivity index (χ2n) is 8.29. The first-order valence-electron chi connectivity index (χ1n) is 10.8. The van der Waals surface area contributed by atoms with E-state index in [0.29, 0.717) is 54.4 Å². The number of benzene rings is 2. The predicted octanol–water partition coefficient (Wildman–Crippen LogP) is 7.15. The Labute approximate surface area is 186 Å².